The van der Waals surface area contributed by atoms with E-state index in [2.05, 4.69) is 78.3 Å². The fourth-order valence-electron chi connectivity index (χ4n) is 1.72. The standard InChI is InChI=1S/C15H15Br/c1-11(2)13-4-3-5-14(10-13)12-6-8-15(16)9-7-12/h3-11H,1-2H3. The summed E-state index contributed by atoms with van der Waals surface area (Å²) in [6.07, 6.45) is 0. The molecular formula is C15H15Br. The van der Waals surface area contributed by atoms with E-state index in [0.29, 0.717) is 5.92 Å². The second-order valence-corrected chi connectivity index (χ2v) is 5.20. The van der Waals surface area contributed by atoms with E-state index in [1.165, 1.54) is 16.7 Å². The van der Waals surface area contributed by atoms with Crippen LogP contribution in [0.3, 0.4) is 0 Å². The zero-order valence-corrected chi connectivity index (χ0v) is 11.2. The average Bonchev–Trinajstić information content (AvgIpc) is 2.30. The van der Waals surface area contributed by atoms with E-state index >= 15 is 0 Å². The van der Waals surface area contributed by atoms with Gasteiger partial charge in [-0.3, -0.25) is 0 Å². The van der Waals surface area contributed by atoms with Crippen LogP contribution >= 0.6 is 15.9 Å². The van der Waals surface area contributed by atoms with Gasteiger partial charge in [0.25, 0.3) is 0 Å². The number of hydrogen-bond donors (Lipinski definition) is 0. The number of benzene rings is 2. The molecule has 2 rings (SSSR count). The Morgan fingerprint density at radius 3 is 2.19 bits per heavy atom. The van der Waals surface area contributed by atoms with Gasteiger partial charge in [0.15, 0.2) is 0 Å². The lowest BCUT2D eigenvalue weighted by Gasteiger charge is -2.08. The van der Waals surface area contributed by atoms with Gasteiger partial charge in [0.1, 0.15) is 0 Å². The van der Waals surface area contributed by atoms with Gasteiger partial charge in [-0.05, 0) is 34.7 Å². The van der Waals surface area contributed by atoms with Gasteiger partial charge in [-0.1, -0.05) is 66.2 Å². The first-order valence-electron chi connectivity index (χ1n) is 5.53. The fraction of sp³-hybridized carbons (Fsp3) is 0.200. The normalized spacial score (nSPS) is 10.8. The molecule has 2 aromatic rings. The van der Waals surface area contributed by atoms with E-state index in [1.54, 1.807) is 0 Å². The van der Waals surface area contributed by atoms with Crippen molar-refractivity contribution in [2.45, 2.75) is 19.8 Å². The Morgan fingerprint density at radius 2 is 1.56 bits per heavy atom. The van der Waals surface area contributed by atoms with Crippen LogP contribution in [0, 0.1) is 0 Å². The highest BCUT2D eigenvalue weighted by Gasteiger charge is 2.02. The van der Waals surface area contributed by atoms with Gasteiger partial charge in [0.05, 0.1) is 0 Å². The molecule has 0 aliphatic carbocycles. The minimum Gasteiger partial charge on any atom is -0.0614 e. The maximum Gasteiger partial charge on any atom is 0.0175 e. The highest BCUT2D eigenvalue weighted by molar-refractivity contribution is 9.10. The third-order valence-corrected chi connectivity index (χ3v) is 3.26. The summed E-state index contributed by atoms with van der Waals surface area (Å²) in [5, 5.41) is 0. The first-order valence-corrected chi connectivity index (χ1v) is 6.32. The van der Waals surface area contributed by atoms with Gasteiger partial charge < -0.3 is 0 Å². The van der Waals surface area contributed by atoms with Gasteiger partial charge in [0.2, 0.25) is 0 Å². The molecule has 0 aliphatic rings. The van der Waals surface area contributed by atoms with Crippen LogP contribution in [-0.4, -0.2) is 0 Å². The largest absolute Gasteiger partial charge is 0.0614 e. The first kappa shape index (κ1) is 11.4. The van der Waals surface area contributed by atoms with Gasteiger partial charge in [-0.25, -0.2) is 0 Å². The van der Waals surface area contributed by atoms with Crippen LogP contribution in [0.1, 0.15) is 25.3 Å². The van der Waals surface area contributed by atoms with Crippen molar-refractivity contribution in [2.75, 3.05) is 0 Å². The van der Waals surface area contributed by atoms with Crippen LogP contribution in [0.25, 0.3) is 11.1 Å². The maximum absolute atomic E-state index is 3.46. The lowest BCUT2D eigenvalue weighted by atomic mass is 9.97. The molecule has 0 fully saturated rings. The van der Waals surface area contributed by atoms with Crippen LogP contribution in [0.5, 0.6) is 0 Å². The molecule has 0 atom stereocenters. The van der Waals surface area contributed by atoms with Gasteiger partial charge in [-0.15, -0.1) is 0 Å². The summed E-state index contributed by atoms with van der Waals surface area (Å²) >= 11 is 3.46. The Labute approximate surface area is 105 Å². The molecule has 0 unspecified atom stereocenters. The molecule has 82 valence electrons. The fourth-order valence-corrected chi connectivity index (χ4v) is 1.98. The summed E-state index contributed by atoms with van der Waals surface area (Å²) in [6.45, 7) is 4.45. The molecular weight excluding hydrogens is 260 g/mol. The number of rotatable bonds is 2. The van der Waals surface area contributed by atoms with E-state index < -0.39 is 0 Å². The Kier molecular flexibility index (Phi) is 3.45. The van der Waals surface area contributed by atoms with Crippen LogP contribution < -0.4 is 0 Å². The highest BCUT2D eigenvalue weighted by Crippen LogP contribution is 2.25. The minimum atomic E-state index is 0.579. The lowest BCUT2D eigenvalue weighted by molar-refractivity contribution is 0.867. The smallest absolute Gasteiger partial charge is 0.0175 e. The molecule has 0 heterocycles. The molecule has 0 bridgehead atoms. The quantitative estimate of drug-likeness (QED) is 0.703. The zero-order valence-electron chi connectivity index (χ0n) is 9.57. The summed E-state index contributed by atoms with van der Waals surface area (Å²) < 4.78 is 1.12. The molecule has 2 aromatic carbocycles. The van der Waals surface area contributed by atoms with Crippen molar-refractivity contribution >= 4 is 15.9 Å². The second kappa shape index (κ2) is 4.84. The third kappa shape index (κ3) is 2.53. The van der Waals surface area contributed by atoms with E-state index in [4.69, 9.17) is 0 Å². The highest BCUT2D eigenvalue weighted by atomic mass is 79.9. The lowest BCUT2D eigenvalue weighted by Crippen LogP contribution is -1.87. The van der Waals surface area contributed by atoms with Crippen molar-refractivity contribution < 1.29 is 0 Å². The summed E-state index contributed by atoms with van der Waals surface area (Å²) in [4.78, 5) is 0. The van der Waals surface area contributed by atoms with Crippen molar-refractivity contribution in [1.82, 2.24) is 0 Å². The minimum absolute atomic E-state index is 0.579. The summed E-state index contributed by atoms with van der Waals surface area (Å²) in [5.74, 6) is 0.579. The average molecular weight is 275 g/mol. The molecule has 0 saturated carbocycles. The molecule has 16 heavy (non-hydrogen) atoms. The summed E-state index contributed by atoms with van der Waals surface area (Å²) in [5.41, 5.74) is 3.95. The Morgan fingerprint density at radius 1 is 0.875 bits per heavy atom. The van der Waals surface area contributed by atoms with Crippen molar-refractivity contribution in [3.8, 4) is 11.1 Å². The van der Waals surface area contributed by atoms with E-state index in [0.717, 1.165) is 4.47 Å². The topological polar surface area (TPSA) is 0 Å². The van der Waals surface area contributed by atoms with Gasteiger partial charge in [0, 0.05) is 4.47 Å². The van der Waals surface area contributed by atoms with Gasteiger partial charge >= 0.3 is 0 Å². The monoisotopic (exact) mass is 274 g/mol. The predicted octanol–water partition coefficient (Wildman–Crippen LogP) is 5.24. The Bertz CT molecular complexity index is 469. The molecule has 0 saturated heterocycles. The van der Waals surface area contributed by atoms with Crippen molar-refractivity contribution in [3.05, 3.63) is 58.6 Å². The van der Waals surface area contributed by atoms with Crippen LogP contribution in [0.15, 0.2) is 53.0 Å². The zero-order chi connectivity index (χ0) is 11.5. The Hall–Kier alpha value is -1.08. The number of halogens is 1. The Balaban J connectivity index is 2.40. The molecule has 0 radical (unpaired) electrons. The molecule has 1 heteroatoms. The molecule has 0 spiro atoms. The van der Waals surface area contributed by atoms with Crippen LogP contribution in [0.4, 0.5) is 0 Å². The first-order chi connectivity index (χ1) is 7.66. The van der Waals surface area contributed by atoms with Crippen LogP contribution in [-0.2, 0) is 0 Å². The van der Waals surface area contributed by atoms with E-state index in [9.17, 15) is 0 Å². The molecule has 0 aromatic heterocycles. The number of hydrogen-bond acceptors (Lipinski definition) is 0. The molecule has 0 N–H and O–H groups in total. The molecule has 0 nitrogen and oxygen atoms in total. The van der Waals surface area contributed by atoms with Crippen molar-refractivity contribution in [1.29, 1.82) is 0 Å². The van der Waals surface area contributed by atoms with E-state index in [1.807, 2.05) is 0 Å². The SMILES string of the molecule is CC(C)c1cccc(-c2ccc(Br)cc2)c1. The van der Waals surface area contributed by atoms with Crippen molar-refractivity contribution in [3.63, 3.8) is 0 Å². The van der Waals surface area contributed by atoms with Crippen molar-refractivity contribution in [2.24, 2.45) is 0 Å². The second-order valence-electron chi connectivity index (χ2n) is 4.29. The molecule has 0 aliphatic heterocycles. The van der Waals surface area contributed by atoms with Gasteiger partial charge in [-0.2, -0.15) is 0 Å². The van der Waals surface area contributed by atoms with Crippen LogP contribution in [0.2, 0.25) is 0 Å². The maximum atomic E-state index is 3.46. The summed E-state index contributed by atoms with van der Waals surface area (Å²) in [7, 11) is 0. The van der Waals surface area contributed by atoms with E-state index in [-0.39, 0.29) is 0 Å². The molecule has 0 amide bonds. The third-order valence-electron chi connectivity index (χ3n) is 2.73. The predicted molar refractivity (Wildman–Crippen MR) is 73.7 cm³/mol. The summed E-state index contributed by atoms with van der Waals surface area (Å²) in [6, 6.07) is 17.2.